The number of nitrogens with zero attached hydrogens (tertiary/aromatic N) is 3. The Balaban J connectivity index is 1.51. The van der Waals surface area contributed by atoms with E-state index in [1.54, 1.807) is 0 Å². The lowest BCUT2D eigenvalue weighted by atomic mass is 9.80. The van der Waals surface area contributed by atoms with E-state index >= 15 is 0 Å². The molecular formula is C17H32N4O. The maximum absolute atomic E-state index is 10.3. The van der Waals surface area contributed by atoms with Gasteiger partial charge in [0.1, 0.15) is 0 Å². The van der Waals surface area contributed by atoms with Gasteiger partial charge in [-0.2, -0.15) is 0 Å². The summed E-state index contributed by atoms with van der Waals surface area (Å²) in [5, 5.41) is 13.7. The van der Waals surface area contributed by atoms with Crippen LogP contribution >= 0.6 is 0 Å². The average Bonchev–Trinajstić information content (AvgIpc) is 3.14. The summed E-state index contributed by atoms with van der Waals surface area (Å²) in [6, 6.07) is 0. The highest BCUT2D eigenvalue weighted by atomic mass is 16.3. The van der Waals surface area contributed by atoms with E-state index in [9.17, 15) is 5.11 Å². The van der Waals surface area contributed by atoms with Crippen LogP contribution in [-0.4, -0.2) is 72.3 Å². The fourth-order valence-electron chi connectivity index (χ4n) is 3.90. The maximum atomic E-state index is 10.3. The monoisotopic (exact) mass is 308 g/mol. The fourth-order valence-corrected chi connectivity index (χ4v) is 3.90. The third-order valence-electron chi connectivity index (χ3n) is 5.44. The van der Waals surface area contributed by atoms with Crippen LogP contribution < -0.4 is 5.32 Å². The summed E-state index contributed by atoms with van der Waals surface area (Å²) in [5.41, 5.74) is -0.519. The van der Waals surface area contributed by atoms with Gasteiger partial charge in [-0.1, -0.05) is 0 Å². The third kappa shape index (κ3) is 3.93. The molecular weight excluding hydrogens is 276 g/mol. The van der Waals surface area contributed by atoms with Crippen LogP contribution in [-0.2, 0) is 0 Å². The van der Waals surface area contributed by atoms with E-state index in [4.69, 9.17) is 4.99 Å². The van der Waals surface area contributed by atoms with E-state index in [0.29, 0.717) is 6.54 Å². The molecule has 2 aliphatic heterocycles. The minimum absolute atomic E-state index is 0.519. The second-order valence-electron chi connectivity index (χ2n) is 7.36. The Hall–Kier alpha value is -0.810. The summed E-state index contributed by atoms with van der Waals surface area (Å²) in [4.78, 5) is 9.74. The molecule has 0 amide bonds. The molecule has 0 radical (unpaired) electrons. The predicted octanol–water partition coefficient (Wildman–Crippen LogP) is 1.28. The summed E-state index contributed by atoms with van der Waals surface area (Å²) < 4.78 is 0. The summed E-state index contributed by atoms with van der Waals surface area (Å²) in [6.07, 6.45) is 6.98. The van der Waals surface area contributed by atoms with Gasteiger partial charge in [0.15, 0.2) is 5.96 Å². The maximum Gasteiger partial charge on any atom is 0.194 e. The van der Waals surface area contributed by atoms with Gasteiger partial charge in [-0.3, -0.25) is 4.99 Å². The lowest BCUT2D eigenvalue weighted by Crippen LogP contribution is -2.44. The summed E-state index contributed by atoms with van der Waals surface area (Å²) in [7, 11) is 0. The highest BCUT2D eigenvalue weighted by molar-refractivity contribution is 5.80. The van der Waals surface area contributed by atoms with Crippen molar-refractivity contribution in [2.45, 2.75) is 51.0 Å². The van der Waals surface area contributed by atoms with Crippen molar-refractivity contribution in [3.63, 3.8) is 0 Å². The van der Waals surface area contributed by atoms with Crippen LogP contribution in [0.15, 0.2) is 4.99 Å². The van der Waals surface area contributed by atoms with Crippen molar-refractivity contribution in [2.24, 2.45) is 10.9 Å². The number of aliphatic imine (C=N–C) groups is 1. The van der Waals surface area contributed by atoms with E-state index in [1.165, 1.54) is 38.9 Å². The Kier molecular flexibility index (Phi) is 5.24. The summed E-state index contributed by atoms with van der Waals surface area (Å²) >= 11 is 0. The summed E-state index contributed by atoms with van der Waals surface area (Å²) in [5.74, 6) is 1.78. The number of rotatable bonds is 5. The van der Waals surface area contributed by atoms with E-state index in [-0.39, 0.29) is 0 Å². The number of nitrogens with one attached hydrogen (secondary N) is 1. The molecule has 3 aliphatic rings. The fraction of sp³-hybridized carbons (Fsp3) is 0.941. The topological polar surface area (TPSA) is 51.1 Å². The zero-order chi connectivity index (χ0) is 15.4. The van der Waals surface area contributed by atoms with E-state index < -0.39 is 5.60 Å². The van der Waals surface area contributed by atoms with Crippen molar-refractivity contribution < 1.29 is 5.11 Å². The lowest BCUT2D eigenvalue weighted by Gasteiger charge is -2.35. The van der Waals surface area contributed by atoms with E-state index in [1.807, 2.05) is 0 Å². The van der Waals surface area contributed by atoms with Crippen LogP contribution in [0.5, 0.6) is 0 Å². The molecule has 0 aromatic carbocycles. The molecule has 3 rings (SSSR count). The highest BCUT2D eigenvalue weighted by Gasteiger charge is 2.34. The molecule has 2 saturated heterocycles. The van der Waals surface area contributed by atoms with Crippen LogP contribution in [0.25, 0.3) is 0 Å². The molecule has 3 fully saturated rings. The number of likely N-dealkylation sites (tertiary alicyclic amines) is 2. The molecule has 0 bridgehead atoms. The van der Waals surface area contributed by atoms with Gasteiger partial charge in [-0.15, -0.1) is 0 Å². The highest BCUT2D eigenvalue weighted by Crippen LogP contribution is 2.31. The van der Waals surface area contributed by atoms with E-state index in [0.717, 1.165) is 50.8 Å². The third-order valence-corrected chi connectivity index (χ3v) is 5.44. The Morgan fingerprint density at radius 2 is 2.00 bits per heavy atom. The van der Waals surface area contributed by atoms with E-state index in [2.05, 4.69) is 22.0 Å². The zero-order valence-corrected chi connectivity index (χ0v) is 14.1. The van der Waals surface area contributed by atoms with Crippen molar-refractivity contribution >= 4 is 5.96 Å². The van der Waals surface area contributed by atoms with Crippen molar-refractivity contribution in [1.29, 1.82) is 0 Å². The Morgan fingerprint density at radius 1 is 1.23 bits per heavy atom. The molecule has 1 aliphatic carbocycles. The second kappa shape index (κ2) is 7.18. The van der Waals surface area contributed by atoms with Gasteiger partial charge in [0.2, 0.25) is 0 Å². The van der Waals surface area contributed by atoms with Crippen LogP contribution in [0, 0.1) is 5.92 Å². The normalized spacial score (nSPS) is 28.9. The quantitative estimate of drug-likeness (QED) is 0.593. The van der Waals surface area contributed by atoms with Crippen molar-refractivity contribution in [1.82, 2.24) is 15.1 Å². The standard InChI is InChI=1S/C17H32N4O/c1-2-18-16(19-14-17(22)7-5-8-17)21-11-6-15(13-21)12-20-9-3-4-10-20/h15,22H,2-14H2,1H3,(H,18,19). The molecule has 22 heavy (non-hydrogen) atoms. The molecule has 1 atom stereocenters. The molecule has 0 spiro atoms. The Morgan fingerprint density at radius 3 is 2.64 bits per heavy atom. The first kappa shape index (κ1) is 16.1. The predicted molar refractivity (Wildman–Crippen MR) is 90.1 cm³/mol. The molecule has 0 aromatic heterocycles. The van der Waals surface area contributed by atoms with Crippen LogP contribution in [0.4, 0.5) is 0 Å². The number of hydrogen-bond donors (Lipinski definition) is 2. The molecule has 1 unspecified atom stereocenters. The molecule has 126 valence electrons. The lowest BCUT2D eigenvalue weighted by molar-refractivity contribution is -0.0237. The first-order valence-corrected chi connectivity index (χ1v) is 9.16. The Labute approximate surface area is 134 Å². The zero-order valence-electron chi connectivity index (χ0n) is 14.1. The van der Waals surface area contributed by atoms with Crippen molar-refractivity contribution in [2.75, 3.05) is 45.8 Å². The van der Waals surface area contributed by atoms with Crippen LogP contribution in [0.2, 0.25) is 0 Å². The average molecular weight is 308 g/mol. The molecule has 5 heteroatoms. The first-order chi connectivity index (χ1) is 10.7. The van der Waals surface area contributed by atoms with Gasteiger partial charge in [-0.25, -0.2) is 0 Å². The number of guanidine groups is 1. The minimum Gasteiger partial charge on any atom is -0.388 e. The molecule has 5 nitrogen and oxygen atoms in total. The molecule has 2 N–H and O–H groups in total. The Bertz CT molecular complexity index is 388. The SMILES string of the molecule is CCNC(=NCC1(O)CCC1)N1CCC(CN2CCCC2)C1. The van der Waals surface area contributed by atoms with Gasteiger partial charge in [0.25, 0.3) is 0 Å². The smallest absolute Gasteiger partial charge is 0.194 e. The molecule has 0 aromatic rings. The minimum atomic E-state index is -0.519. The van der Waals surface area contributed by atoms with Gasteiger partial charge in [0, 0.05) is 26.2 Å². The number of aliphatic hydroxyl groups is 1. The first-order valence-electron chi connectivity index (χ1n) is 9.16. The number of hydrogen-bond acceptors (Lipinski definition) is 3. The van der Waals surface area contributed by atoms with Gasteiger partial charge in [0.05, 0.1) is 12.1 Å². The van der Waals surface area contributed by atoms with Crippen LogP contribution in [0.1, 0.15) is 45.4 Å². The van der Waals surface area contributed by atoms with Gasteiger partial charge in [-0.05, 0) is 64.5 Å². The van der Waals surface area contributed by atoms with Crippen LogP contribution in [0.3, 0.4) is 0 Å². The molecule has 2 heterocycles. The summed E-state index contributed by atoms with van der Waals surface area (Å²) in [6.45, 7) is 9.61. The largest absolute Gasteiger partial charge is 0.388 e. The van der Waals surface area contributed by atoms with Crippen molar-refractivity contribution in [3.05, 3.63) is 0 Å². The second-order valence-corrected chi connectivity index (χ2v) is 7.36. The van der Waals surface area contributed by atoms with Crippen molar-refractivity contribution in [3.8, 4) is 0 Å². The van der Waals surface area contributed by atoms with Gasteiger partial charge >= 0.3 is 0 Å². The van der Waals surface area contributed by atoms with Gasteiger partial charge < -0.3 is 20.2 Å². The molecule has 1 saturated carbocycles.